The summed E-state index contributed by atoms with van der Waals surface area (Å²) >= 11 is 1.30. The molecule has 1 fully saturated rings. The summed E-state index contributed by atoms with van der Waals surface area (Å²) in [6, 6.07) is 3.26. The van der Waals surface area contributed by atoms with Gasteiger partial charge in [-0.2, -0.15) is 9.61 Å². The third-order valence-corrected chi connectivity index (χ3v) is 5.46. The molecule has 0 aromatic carbocycles. The van der Waals surface area contributed by atoms with Gasteiger partial charge in [0.1, 0.15) is 26.5 Å². The number of nitrogens with one attached hydrogen (secondary N) is 2. The number of aromatic nitrogens is 4. The van der Waals surface area contributed by atoms with Crippen LogP contribution in [0, 0.1) is 0 Å². The van der Waals surface area contributed by atoms with Gasteiger partial charge in [0, 0.05) is 49.3 Å². The summed E-state index contributed by atoms with van der Waals surface area (Å²) in [5, 5.41) is 9.99. The number of pyridine rings is 1. The topological polar surface area (TPSA) is 131 Å². The van der Waals surface area contributed by atoms with E-state index in [2.05, 4.69) is 30.6 Å². The van der Waals surface area contributed by atoms with E-state index in [1.807, 2.05) is 0 Å². The number of amides is 1. The highest BCUT2D eigenvalue weighted by atomic mass is 32.1. The number of piperazine rings is 1. The van der Waals surface area contributed by atoms with E-state index in [9.17, 15) is 9.59 Å². The summed E-state index contributed by atoms with van der Waals surface area (Å²) in [7, 11) is 3.25. The second-order valence-electron chi connectivity index (χ2n) is 7.43. The minimum absolute atomic E-state index is 0.228. The van der Waals surface area contributed by atoms with Gasteiger partial charge in [-0.15, -0.1) is 0 Å². The average Bonchev–Trinajstić information content (AvgIpc) is 3.13. The Morgan fingerprint density at radius 3 is 2.76 bits per heavy atom. The van der Waals surface area contributed by atoms with Gasteiger partial charge in [0.2, 0.25) is 10.9 Å². The second kappa shape index (κ2) is 7.58. The maximum atomic E-state index is 12.5. The summed E-state index contributed by atoms with van der Waals surface area (Å²) in [5.41, 5.74) is 6.78. The van der Waals surface area contributed by atoms with Crippen LogP contribution in [-0.4, -0.2) is 72.7 Å². The fourth-order valence-electron chi connectivity index (χ4n) is 2.89. The molecule has 0 aliphatic carbocycles. The predicted octanol–water partition coefficient (Wildman–Crippen LogP) is -2.56. The maximum absolute atomic E-state index is 12.5. The van der Waals surface area contributed by atoms with Crippen LogP contribution in [0.1, 0.15) is 0 Å². The van der Waals surface area contributed by atoms with E-state index in [4.69, 9.17) is 5.73 Å². The lowest BCUT2D eigenvalue weighted by molar-refractivity contribution is -0.116. The molecule has 0 saturated carbocycles. The summed E-state index contributed by atoms with van der Waals surface area (Å²) in [5.74, 6) is 0.343. The minimum atomic E-state index is -1.01. The van der Waals surface area contributed by atoms with Crippen molar-refractivity contribution in [2.45, 2.75) is 5.34 Å². The molecule has 148 valence electrons. The van der Waals surface area contributed by atoms with Gasteiger partial charge in [-0.3, -0.25) is 14.6 Å². The highest BCUT2D eigenvalue weighted by molar-refractivity contribution is 7.19. The van der Waals surface area contributed by atoms with Crippen LogP contribution in [0.2, 0.25) is 0 Å². The van der Waals surface area contributed by atoms with Crippen molar-refractivity contribution in [2.24, 2.45) is 5.73 Å². The second-order valence-corrected chi connectivity index (χ2v) is 8.39. The zero-order valence-electron chi connectivity index (χ0n) is 16.2. The highest BCUT2D eigenvalue weighted by Crippen LogP contribution is 2.26. The molecule has 0 radical (unpaired) electrons. The van der Waals surface area contributed by atoms with Gasteiger partial charge in [-0.1, -0.05) is 11.3 Å². The molecule has 0 unspecified atom stereocenters. The van der Waals surface area contributed by atoms with Gasteiger partial charge in [0.05, 0.1) is 11.9 Å². The lowest BCUT2D eigenvalue weighted by Crippen LogP contribution is -2.52. The number of hydrogen-bond donors (Lipinski definition) is 3. The van der Waals surface area contributed by atoms with Crippen molar-refractivity contribution in [2.75, 3.05) is 36.4 Å². The number of fused-ring (bicyclic) bond motifs is 1. The molecule has 4 N–H and O–H groups in total. The Morgan fingerprint density at radius 2 is 2.03 bits per heavy atom. The molecule has 1 amide bonds. The first-order valence-corrected chi connectivity index (χ1v) is 10.1. The van der Waals surface area contributed by atoms with Crippen LogP contribution < -0.4 is 26.8 Å². The van der Waals surface area contributed by atoms with Crippen LogP contribution in [0.3, 0.4) is 0 Å². The summed E-state index contributed by atoms with van der Waals surface area (Å²) < 4.78 is 1.29. The first-order chi connectivity index (χ1) is 13.8. The lowest BCUT2D eigenvalue weighted by Gasteiger charge is -2.27. The van der Waals surface area contributed by atoms with Crippen molar-refractivity contribution in [3.05, 3.63) is 34.9 Å². The fraction of sp³-hybridized carbons (Fsp3) is 0.312. The van der Waals surface area contributed by atoms with E-state index < -0.39 is 5.34 Å². The van der Waals surface area contributed by atoms with Gasteiger partial charge in [-0.25, -0.2) is 4.98 Å². The molecule has 3 aromatic rings. The maximum Gasteiger partial charge on any atom is 0.277 e. The number of anilines is 2. The monoisotopic (exact) mass is 410 g/mol. The molecule has 0 atom stereocenters. The molecule has 10 nitrogen and oxygen atoms in total. The number of carbonyl (C=O) groups excluding carboxylic acids is 1. The van der Waals surface area contributed by atoms with Gasteiger partial charge in [0.15, 0.2) is 0 Å². The molecule has 1 saturated heterocycles. The minimum Gasteiger partial charge on any atom is -0.354 e. The predicted molar refractivity (Wildman–Crippen MR) is 118 cm³/mol. The molecule has 1 aliphatic heterocycles. The van der Waals surface area contributed by atoms with E-state index in [1.165, 1.54) is 28.1 Å². The number of carbonyl (C=O) groups is 1. The molecule has 13 heteroatoms. The van der Waals surface area contributed by atoms with Gasteiger partial charge >= 0.3 is 0 Å². The third kappa shape index (κ3) is 4.16. The zero-order chi connectivity index (χ0) is 20.6. The molecular formula is C16H20B2N8O2S. The standard InChI is InChI=1S/C16H20B2N8O2S/c17-16(18,19)14(28)22-10-5-9(7-21-8-10)13-24-26-12(27)6-11(23-15(26)29-13)25-3-1-20-2-4-25/h5-8,20H,1-4,17-19H2,(H,22,28). The summed E-state index contributed by atoms with van der Waals surface area (Å²) in [4.78, 5) is 36.0. The number of nitrogens with two attached hydrogens (primary N) is 1. The van der Waals surface area contributed by atoms with Crippen LogP contribution in [-0.2, 0) is 4.79 Å². The Kier molecular flexibility index (Phi) is 5.11. The van der Waals surface area contributed by atoms with Gasteiger partial charge in [0.25, 0.3) is 5.56 Å². The van der Waals surface area contributed by atoms with Crippen LogP contribution in [0.4, 0.5) is 11.5 Å². The van der Waals surface area contributed by atoms with Crippen LogP contribution in [0.15, 0.2) is 29.3 Å². The van der Waals surface area contributed by atoms with E-state index >= 15 is 0 Å². The number of rotatable bonds is 4. The Hall–Kier alpha value is -2.76. The Morgan fingerprint density at radius 1 is 1.28 bits per heavy atom. The SMILES string of the molecule is BC(B)(N)C(=O)Nc1cncc(-c2nn3c(=O)cc(N4CCNCC4)nc3s2)c1. The van der Waals surface area contributed by atoms with Crippen molar-refractivity contribution < 1.29 is 4.79 Å². The first-order valence-electron chi connectivity index (χ1n) is 9.23. The molecule has 3 aromatic heterocycles. The van der Waals surface area contributed by atoms with Gasteiger partial charge in [-0.05, 0) is 6.07 Å². The Labute approximate surface area is 172 Å². The molecule has 0 bridgehead atoms. The van der Waals surface area contributed by atoms with Crippen molar-refractivity contribution in [1.82, 2.24) is 24.9 Å². The van der Waals surface area contributed by atoms with Crippen LogP contribution >= 0.6 is 11.3 Å². The van der Waals surface area contributed by atoms with Crippen LogP contribution in [0.25, 0.3) is 15.5 Å². The molecule has 0 spiro atoms. The zero-order valence-corrected chi connectivity index (χ0v) is 17.0. The molecule has 4 heterocycles. The van der Waals surface area contributed by atoms with E-state index in [-0.39, 0.29) is 11.5 Å². The fourth-order valence-corrected chi connectivity index (χ4v) is 3.77. The third-order valence-electron chi connectivity index (χ3n) is 4.50. The average molecular weight is 410 g/mol. The van der Waals surface area contributed by atoms with Crippen molar-refractivity contribution in [3.63, 3.8) is 0 Å². The van der Waals surface area contributed by atoms with Crippen molar-refractivity contribution in [1.29, 1.82) is 0 Å². The molecule has 1 aliphatic rings. The molecule has 29 heavy (non-hydrogen) atoms. The number of nitrogens with zero attached hydrogens (tertiary/aromatic N) is 5. The van der Waals surface area contributed by atoms with E-state index in [0.29, 0.717) is 27.0 Å². The quantitative estimate of drug-likeness (QED) is 0.401. The lowest BCUT2D eigenvalue weighted by atomic mass is 9.62. The van der Waals surface area contributed by atoms with Gasteiger partial charge < -0.3 is 21.3 Å². The number of hydrogen-bond acceptors (Lipinski definition) is 9. The Balaban J connectivity index is 1.66. The Bertz CT molecular complexity index is 1120. The van der Waals surface area contributed by atoms with E-state index in [1.54, 1.807) is 28.0 Å². The normalized spacial score (nSPS) is 14.9. The summed E-state index contributed by atoms with van der Waals surface area (Å²) in [6.07, 6.45) is 3.16. The smallest absolute Gasteiger partial charge is 0.277 e. The first kappa shape index (κ1) is 19.6. The molecule has 4 rings (SSSR count). The summed E-state index contributed by atoms with van der Waals surface area (Å²) in [6.45, 7) is 3.33. The van der Waals surface area contributed by atoms with Crippen molar-refractivity contribution >= 4 is 49.4 Å². The highest BCUT2D eigenvalue weighted by Gasteiger charge is 2.22. The van der Waals surface area contributed by atoms with E-state index in [0.717, 1.165) is 26.2 Å². The molecular weight excluding hydrogens is 390 g/mol. The largest absolute Gasteiger partial charge is 0.354 e. The van der Waals surface area contributed by atoms with Crippen molar-refractivity contribution in [3.8, 4) is 10.6 Å². The van der Waals surface area contributed by atoms with Crippen LogP contribution in [0.5, 0.6) is 0 Å².